The fraction of sp³-hybridized carbons (Fsp3) is 0.357. The Hall–Kier alpha value is -1.85. The summed E-state index contributed by atoms with van der Waals surface area (Å²) in [5.74, 6) is -0.146. The molecule has 2 aromatic rings. The minimum Gasteiger partial charge on any atom is -0.388 e. The fourth-order valence-electron chi connectivity index (χ4n) is 2.62. The zero-order valence-corrected chi connectivity index (χ0v) is 10.7. The molecular weight excluding hydrogens is 244 g/mol. The van der Waals surface area contributed by atoms with E-state index >= 15 is 0 Å². The molecule has 2 atom stereocenters. The van der Waals surface area contributed by atoms with Gasteiger partial charge in [-0.25, -0.2) is 0 Å². The van der Waals surface area contributed by atoms with Crippen LogP contribution in [0.4, 0.5) is 0 Å². The molecule has 0 saturated carbocycles. The molecule has 5 nitrogen and oxygen atoms in total. The van der Waals surface area contributed by atoms with E-state index in [-0.39, 0.29) is 19.0 Å². The Morgan fingerprint density at radius 2 is 1.84 bits per heavy atom. The highest BCUT2D eigenvalue weighted by atomic mass is 16.3. The molecule has 3 rings (SSSR count). The van der Waals surface area contributed by atoms with Crippen LogP contribution < -0.4 is 0 Å². The van der Waals surface area contributed by atoms with Crippen molar-refractivity contribution in [2.75, 3.05) is 13.1 Å². The maximum absolute atomic E-state index is 12.5. The number of aliphatic hydroxyl groups excluding tert-OH is 2. The van der Waals surface area contributed by atoms with Gasteiger partial charge in [0.2, 0.25) is 0 Å². The van der Waals surface area contributed by atoms with E-state index in [1.54, 1.807) is 6.20 Å². The standard InChI is InChI=1S/C14H16N2O3/c1-15-6-10(9-4-2-3-5-11(9)15)14(19)16-7-12(17)13(18)8-16/h2-6,12-13,17-18H,7-8H2,1H3/t12-,13+. The summed E-state index contributed by atoms with van der Waals surface area (Å²) in [7, 11) is 1.90. The van der Waals surface area contributed by atoms with Gasteiger partial charge in [-0.3, -0.25) is 4.79 Å². The number of amides is 1. The number of aliphatic hydroxyl groups is 2. The van der Waals surface area contributed by atoms with Crippen molar-refractivity contribution in [1.82, 2.24) is 9.47 Å². The topological polar surface area (TPSA) is 65.7 Å². The average molecular weight is 260 g/mol. The molecule has 1 saturated heterocycles. The van der Waals surface area contributed by atoms with Crippen LogP contribution in [0.25, 0.3) is 10.9 Å². The van der Waals surface area contributed by atoms with Crippen LogP contribution in [0.3, 0.4) is 0 Å². The van der Waals surface area contributed by atoms with Gasteiger partial charge < -0.3 is 19.7 Å². The number of rotatable bonds is 1. The molecule has 0 unspecified atom stereocenters. The Kier molecular flexibility index (Phi) is 2.80. The number of carbonyl (C=O) groups is 1. The van der Waals surface area contributed by atoms with E-state index in [9.17, 15) is 15.0 Å². The van der Waals surface area contributed by atoms with Crippen LogP contribution in [0.5, 0.6) is 0 Å². The lowest BCUT2D eigenvalue weighted by Gasteiger charge is -2.14. The summed E-state index contributed by atoms with van der Waals surface area (Å²) < 4.78 is 1.91. The van der Waals surface area contributed by atoms with Crippen molar-refractivity contribution < 1.29 is 15.0 Å². The monoisotopic (exact) mass is 260 g/mol. The van der Waals surface area contributed by atoms with E-state index in [0.29, 0.717) is 5.56 Å². The predicted molar refractivity (Wildman–Crippen MR) is 70.8 cm³/mol. The van der Waals surface area contributed by atoms with Gasteiger partial charge in [-0.1, -0.05) is 18.2 Å². The van der Waals surface area contributed by atoms with E-state index < -0.39 is 12.2 Å². The second-order valence-corrected chi connectivity index (χ2v) is 5.02. The zero-order chi connectivity index (χ0) is 13.6. The number of aryl methyl sites for hydroxylation is 1. The summed E-state index contributed by atoms with van der Waals surface area (Å²) in [6, 6.07) is 7.69. The number of aromatic nitrogens is 1. The molecule has 1 aliphatic rings. The third-order valence-electron chi connectivity index (χ3n) is 3.67. The molecule has 2 N–H and O–H groups in total. The Balaban J connectivity index is 1.99. The lowest BCUT2D eigenvalue weighted by Crippen LogP contribution is -2.29. The highest BCUT2D eigenvalue weighted by Crippen LogP contribution is 2.23. The minimum absolute atomic E-state index is 0.146. The van der Waals surface area contributed by atoms with Gasteiger partial charge in [0.15, 0.2) is 0 Å². The van der Waals surface area contributed by atoms with Gasteiger partial charge in [0.25, 0.3) is 5.91 Å². The highest BCUT2D eigenvalue weighted by Gasteiger charge is 2.33. The number of likely N-dealkylation sites (tertiary alicyclic amines) is 1. The lowest BCUT2D eigenvalue weighted by atomic mass is 10.1. The molecule has 0 radical (unpaired) electrons. The van der Waals surface area contributed by atoms with Gasteiger partial charge in [-0.05, 0) is 6.07 Å². The van der Waals surface area contributed by atoms with Crippen molar-refractivity contribution in [1.29, 1.82) is 0 Å². The quantitative estimate of drug-likeness (QED) is 0.778. The Morgan fingerprint density at radius 3 is 2.53 bits per heavy atom. The third-order valence-corrected chi connectivity index (χ3v) is 3.67. The molecule has 100 valence electrons. The van der Waals surface area contributed by atoms with E-state index in [1.165, 1.54) is 4.90 Å². The SMILES string of the molecule is Cn1cc(C(=O)N2C[C@@H](O)[C@@H](O)C2)c2ccccc21. The largest absolute Gasteiger partial charge is 0.388 e. The molecule has 5 heteroatoms. The first kappa shape index (κ1) is 12.2. The van der Waals surface area contributed by atoms with Crippen LogP contribution in [0, 0.1) is 0 Å². The fourth-order valence-corrected chi connectivity index (χ4v) is 2.62. The third kappa shape index (κ3) is 1.91. The Morgan fingerprint density at radius 1 is 1.21 bits per heavy atom. The van der Waals surface area contributed by atoms with E-state index in [1.807, 2.05) is 35.9 Å². The van der Waals surface area contributed by atoms with Crippen LogP contribution in [0.1, 0.15) is 10.4 Å². The normalized spacial score (nSPS) is 23.2. The van der Waals surface area contributed by atoms with Crippen LogP contribution in [-0.2, 0) is 7.05 Å². The van der Waals surface area contributed by atoms with Gasteiger partial charge >= 0.3 is 0 Å². The highest BCUT2D eigenvalue weighted by molar-refractivity contribution is 6.07. The number of para-hydroxylation sites is 1. The molecule has 1 aromatic heterocycles. The molecule has 1 fully saturated rings. The van der Waals surface area contributed by atoms with E-state index in [4.69, 9.17) is 0 Å². The van der Waals surface area contributed by atoms with Crippen LogP contribution in [0.2, 0.25) is 0 Å². The average Bonchev–Trinajstić information content (AvgIpc) is 2.91. The number of hydrogen-bond acceptors (Lipinski definition) is 3. The van der Waals surface area contributed by atoms with Gasteiger partial charge in [0.05, 0.1) is 17.8 Å². The van der Waals surface area contributed by atoms with Crippen molar-refractivity contribution in [2.45, 2.75) is 12.2 Å². The minimum atomic E-state index is -0.848. The number of fused-ring (bicyclic) bond motifs is 1. The summed E-state index contributed by atoms with van der Waals surface area (Å²) in [5.41, 5.74) is 1.60. The second kappa shape index (κ2) is 4.36. The molecule has 1 aliphatic heterocycles. The number of carbonyl (C=O) groups excluding carboxylic acids is 1. The van der Waals surface area contributed by atoms with E-state index in [2.05, 4.69) is 0 Å². The van der Waals surface area contributed by atoms with Crippen LogP contribution in [0.15, 0.2) is 30.5 Å². The summed E-state index contributed by atoms with van der Waals surface area (Å²) in [6.45, 7) is 0.368. The van der Waals surface area contributed by atoms with Crippen molar-refractivity contribution in [2.24, 2.45) is 7.05 Å². The smallest absolute Gasteiger partial charge is 0.256 e. The molecule has 1 aromatic carbocycles. The van der Waals surface area contributed by atoms with Crippen molar-refractivity contribution in [3.8, 4) is 0 Å². The lowest BCUT2D eigenvalue weighted by molar-refractivity contribution is 0.0572. The summed E-state index contributed by atoms with van der Waals surface area (Å²) in [5, 5.41) is 20.0. The summed E-state index contributed by atoms with van der Waals surface area (Å²) >= 11 is 0. The first-order valence-electron chi connectivity index (χ1n) is 6.27. The van der Waals surface area contributed by atoms with Gasteiger partial charge in [-0.2, -0.15) is 0 Å². The van der Waals surface area contributed by atoms with Crippen molar-refractivity contribution in [3.63, 3.8) is 0 Å². The zero-order valence-electron chi connectivity index (χ0n) is 10.7. The first-order valence-corrected chi connectivity index (χ1v) is 6.27. The second-order valence-electron chi connectivity index (χ2n) is 5.02. The molecule has 1 amide bonds. The van der Waals surface area contributed by atoms with Crippen molar-refractivity contribution >= 4 is 16.8 Å². The summed E-state index contributed by atoms with van der Waals surface area (Å²) in [6.07, 6.45) is 0.0993. The predicted octanol–water partition coefficient (Wildman–Crippen LogP) is 0.356. The van der Waals surface area contributed by atoms with Gasteiger partial charge in [0, 0.05) is 37.2 Å². The first-order chi connectivity index (χ1) is 9.08. The molecule has 19 heavy (non-hydrogen) atoms. The number of nitrogens with zero attached hydrogens (tertiary/aromatic N) is 2. The molecule has 2 heterocycles. The Bertz CT molecular complexity index is 625. The molecule has 0 bridgehead atoms. The van der Waals surface area contributed by atoms with Gasteiger partial charge in [0.1, 0.15) is 0 Å². The van der Waals surface area contributed by atoms with Crippen LogP contribution in [-0.4, -0.2) is 50.9 Å². The maximum atomic E-state index is 12.5. The summed E-state index contributed by atoms with van der Waals surface area (Å²) in [4.78, 5) is 14.0. The van der Waals surface area contributed by atoms with Crippen LogP contribution >= 0.6 is 0 Å². The van der Waals surface area contributed by atoms with E-state index in [0.717, 1.165) is 10.9 Å². The Labute approximate surface area is 110 Å². The molecule has 0 spiro atoms. The maximum Gasteiger partial charge on any atom is 0.256 e. The number of hydrogen-bond donors (Lipinski definition) is 2. The number of β-amino-alcohol motifs (C(OH)–C–C–N with tert-alkyl or cyclic N) is 2. The molecular formula is C14H16N2O3. The van der Waals surface area contributed by atoms with Gasteiger partial charge in [-0.15, -0.1) is 0 Å². The number of benzene rings is 1. The van der Waals surface area contributed by atoms with Crippen molar-refractivity contribution in [3.05, 3.63) is 36.0 Å². The molecule has 0 aliphatic carbocycles.